The Balaban J connectivity index is 1.81. The summed E-state index contributed by atoms with van der Waals surface area (Å²) in [5.41, 5.74) is 6.24. The van der Waals surface area contributed by atoms with Crippen LogP contribution in [0, 0.1) is 5.82 Å². The van der Waals surface area contributed by atoms with Gasteiger partial charge in [-0.1, -0.05) is 0 Å². The number of rotatable bonds is 4. The molecule has 2 fully saturated rings. The molecule has 0 spiro atoms. The van der Waals surface area contributed by atoms with E-state index in [4.69, 9.17) is 15.2 Å². The van der Waals surface area contributed by atoms with E-state index in [0.29, 0.717) is 0 Å². The molecule has 6 heteroatoms. The predicted octanol–water partition coefficient (Wildman–Crippen LogP) is 2.32. The second-order valence-corrected chi connectivity index (χ2v) is 5.50. The molecule has 3 unspecified atom stereocenters. The van der Waals surface area contributed by atoms with Crippen molar-refractivity contribution >= 4 is 17.3 Å². The normalized spacial score (nSPS) is 26.9. The number of anilines is 2. The number of fused-ring (bicyclic) bond motifs is 2. The number of hydrogen-bond acceptors (Lipinski definition) is 5. The van der Waals surface area contributed by atoms with Crippen LogP contribution in [0.25, 0.3) is 0 Å². The van der Waals surface area contributed by atoms with Crippen LogP contribution in [0.15, 0.2) is 12.1 Å². The first-order valence-electron chi connectivity index (χ1n) is 7.26. The summed E-state index contributed by atoms with van der Waals surface area (Å²) in [7, 11) is 0. The number of nitrogens with one attached hydrogen (secondary N) is 1. The van der Waals surface area contributed by atoms with Gasteiger partial charge in [0, 0.05) is 5.69 Å². The third-order valence-electron chi connectivity index (χ3n) is 4.08. The molecule has 21 heavy (non-hydrogen) atoms. The van der Waals surface area contributed by atoms with Gasteiger partial charge in [-0.15, -0.1) is 0 Å². The van der Waals surface area contributed by atoms with Crippen LogP contribution in [0.4, 0.5) is 15.8 Å². The summed E-state index contributed by atoms with van der Waals surface area (Å²) in [6.45, 7) is 1.96. The first kappa shape index (κ1) is 14.1. The van der Waals surface area contributed by atoms with Gasteiger partial charge in [-0.05, 0) is 38.3 Å². The Kier molecular flexibility index (Phi) is 3.71. The molecule has 2 aliphatic heterocycles. The average molecular weight is 294 g/mol. The molecule has 0 aromatic heterocycles. The maximum atomic E-state index is 14.0. The van der Waals surface area contributed by atoms with E-state index in [1.807, 2.05) is 0 Å². The summed E-state index contributed by atoms with van der Waals surface area (Å²) >= 11 is 0. The van der Waals surface area contributed by atoms with E-state index >= 15 is 0 Å². The quantitative estimate of drug-likeness (QED) is 0.658. The molecule has 2 bridgehead atoms. The second kappa shape index (κ2) is 5.52. The lowest BCUT2D eigenvalue weighted by atomic mass is 9.95. The Morgan fingerprint density at radius 2 is 2.33 bits per heavy atom. The molecule has 2 aliphatic rings. The maximum absolute atomic E-state index is 14.0. The zero-order valence-corrected chi connectivity index (χ0v) is 11.9. The van der Waals surface area contributed by atoms with Gasteiger partial charge in [0.15, 0.2) is 0 Å². The van der Waals surface area contributed by atoms with Crippen molar-refractivity contribution in [3.05, 3.63) is 23.5 Å². The van der Waals surface area contributed by atoms with Crippen molar-refractivity contribution in [1.29, 1.82) is 0 Å². The van der Waals surface area contributed by atoms with Gasteiger partial charge in [0.1, 0.15) is 5.82 Å². The van der Waals surface area contributed by atoms with E-state index in [9.17, 15) is 9.18 Å². The summed E-state index contributed by atoms with van der Waals surface area (Å²) < 4.78 is 24.7. The van der Waals surface area contributed by atoms with Crippen LogP contribution in [-0.2, 0) is 9.47 Å². The third kappa shape index (κ3) is 2.68. The Bertz CT molecular complexity index is 564. The van der Waals surface area contributed by atoms with Gasteiger partial charge >= 0.3 is 5.97 Å². The standard InChI is InChI=1S/C15H19FN2O3/c1-2-20-15(19)9-6-12(10(16)7-11(9)17)18-13-5-8-3-4-14(13)21-8/h6-8,13-14,18H,2-5,17H2,1H3. The van der Waals surface area contributed by atoms with Crippen LogP contribution in [-0.4, -0.2) is 30.8 Å². The minimum atomic E-state index is -0.540. The number of nitrogens with two attached hydrogens (primary N) is 1. The minimum Gasteiger partial charge on any atom is -0.462 e. The molecule has 0 amide bonds. The van der Waals surface area contributed by atoms with Crippen LogP contribution in [0.1, 0.15) is 36.5 Å². The van der Waals surface area contributed by atoms with E-state index in [-0.39, 0.29) is 41.8 Å². The molecule has 1 aromatic carbocycles. The van der Waals surface area contributed by atoms with Crippen LogP contribution in [0.3, 0.4) is 0 Å². The number of benzene rings is 1. The summed E-state index contributed by atoms with van der Waals surface area (Å²) in [6.07, 6.45) is 3.32. The van der Waals surface area contributed by atoms with Crippen LogP contribution in [0.2, 0.25) is 0 Å². The monoisotopic (exact) mass is 294 g/mol. The van der Waals surface area contributed by atoms with Gasteiger partial charge in [-0.2, -0.15) is 0 Å². The highest BCUT2D eigenvalue weighted by Crippen LogP contribution is 2.36. The Morgan fingerprint density at radius 1 is 1.52 bits per heavy atom. The topological polar surface area (TPSA) is 73.6 Å². The fraction of sp³-hybridized carbons (Fsp3) is 0.533. The number of nitrogen functional groups attached to an aromatic ring is 1. The smallest absolute Gasteiger partial charge is 0.340 e. The van der Waals surface area contributed by atoms with E-state index in [0.717, 1.165) is 25.3 Å². The summed E-state index contributed by atoms with van der Waals surface area (Å²) in [5.74, 6) is -1.01. The third-order valence-corrected chi connectivity index (χ3v) is 4.08. The molecule has 2 heterocycles. The molecule has 3 atom stereocenters. The fourth-order valence-electron chi connectivity index (χ4n) is 3.07. The highest BCUT2D eigenvalue weighted by atomic mass is 19.1. The Hall–Kier alpha value is -1.82. The van der Waals surface area contributed by atoms with Crippen molar-refractivity contribution in [3.63, 3.8) is 0 Å². The molecule has 114 valence electrons. The van der Waals surface area contributed by atoms with Gasteiger partial charge in [0.05, 0.1) is 36.1 Å². The van der Waals surface area contributed by atoms with Crippen molar-refractivity contribution < 1.29 is 18.7 Å². The number of carbonyl (C=O) groups excluding carboxylic acids is 1. The number of carbonyl (C=O) groups is 1. The lowest BCUT2D eigenvalue weighted by Crippen LogP contribution is -2.31. The van der Waals surface area contributed by atoms with Gasteiger partial charge in [0.25, 0.3) is 0 Å². The lowest BCUT2D eigenvalue weighted by Gasteiger charge is -2.22. The molecule has 0 aliphatic carbocycles. The minimum absolute atomic E-state index is 0.0805. The maximum Gasteiger partial charge on any atom is 0.340 e. The van der Waals surface area contributed by atoms with Crippen molar-refractivity contribution in [3.8, 4) is 0 Å². The van der Waals surface area contributed by atoms with Crippen molar-refractivity contribution in [2.45, 2.75) is 44.4 Å². The number of hydrogen-bond donors (Lipinski definition) is 2. The highest BCUT2D eigenvalue weighted by Gasteiger charge is 2.41. The van der Waals surface area contributed by atoms with Crippen LogP contribution in [0.5, 0.6) is 0 Å². The van der Waals surface area contributed by atoms with Gasteiger partial charge in [-0.25, -0.2) is 9.18 Å². The van der Waals surface area contributed by atoms with Gasteiger partial charge in [0.2, 0.25) is 0 Å². The second-order valence-electron chi connectivity index (χ2n) is 5.50. The van der Waals surface area contributed by atoms with Gasteiger partial charge in [-0.3, -0.25) is 0 Å². The molecular weight excluding hydrogens is 275 g/mol. The first-order valence-corrected chi connectivity index (χ1v) is 7.26. The number of esters is 1. The summed E-state index contributed by atoms with van der Waals surface area (Å²) in [5, 5.41) is 3.14. The largest absolute Gasteiger partial charge is 0.462 e. The molecule has 0 radical (unpaired) electrons. The zero-order valence-electron chi connectivity index (χ0n) is 11.9. The molecule has 1 aromatic rings. The van der Waals surface area contributed by atoms with Crippen molar-refractivity contribution in [2.75, 3.05) is 17.7 Å². The predicted molar refractivity (Wildman–Crippen MR) is 76.7 cm³/mol. The SMILES string of the molecule is CCOC(=O)c1cc(NC2CC3CCC2O3)c(F)cc1N. The molecule has 3 N–H and O–H groups in total. The Labute approximate surface area is 122 Å². The molecule has 2 saturated heterocycles. The highest BCUT2D eigenvalue weighted by molar-refractivity contribution is 5.96. The molecule has 3 rings (SSSR count). The van der Waals surface area contributed by atoms with E-state index < -0.39 is 11.8 Å². The van der Waals surface area contributed by atoms with E-state index in [1.54, 1.807) is 6.92 Å². The fourth-order valence-corrected chi connectivity index (χ4v) is 3.07. The number of halogens is 1. The molecule has 0 saturated carbocycles. The van der Waals surface area contributed by atoms with E-state index in [2.05, 4.69) is 5.32 Å². The molecular formula is C15H19FN2O3. The average Bonchev–Trinajstić information content (AvgIpc) is 3.04. The van der Waals surface area contributed by atoms with Crippen molar-refractivity contribution in [1.82, 2.24) is 0 Å². The summed E-state index contributed by atoms with van der Waals surface area (Å²) in [4.78, 5) is 11.8. The Morgan fingerprint density at radius 3 is 2.95 bits per heavy atom. The van der Waals surface area contributed by atoms with Crippen LogP contribution >= 0.6 is 0 Å². The van der Waals surface area contributed by atoms with Crippen LogP contribution < -0.4 is 11.1 Å². The lowest BCUT2D eigenvalue weighted by molar-refractivity contribution is 0.0527. The first-order chi connectivity index (χ1) is 10.1. The molecule has 5 nitrogen and oxygen atoms in total. The zero-order chi connectivity index (χ0) is 15.0. The summed E-state index contributed by atoms with van der Waals surface area (Å²) in [6, 6.07) is 2.66. The van der Waals surface area contributed by atoms with Gasteiger partial charge < -0.3 is 20.5 Å². The van der Waals surface area contributed by atoms with Crippen molar-refractivity contribution in [2.24, 2.45) is 0 Å². The number of ether oxygens (including phenoxy) is 2. The van der Waals surface area contributed by atoms with E-state index in [1.165, 1.54) is 6.07 Å².